The molecule has 0 atom stereocenters. The van der Waals surface area contributed by atoms with Crippen LogP contribution in [0.25, 0.3) is 0 Å². The van der Waals surface area contributed by atoms with Gasteiger partial charge >= 0.3 is 29.6 Å². The second kappa shape index (κ2) is 4.52. The standard InChI is InChI=1S/C7H9NO3S.Na/c1-5-3-6(2)8-7(4-5)12(9,10)11;/h3-4H,1-2H3,(H,9,10,11);/q;+1/p-1. The van der Waals surface area contributed by atoms with Crippen molar-refractivity contribution in [1.82, 2.24) is 4.98 Å². The van der Waals surface area contributed by atoms with Gasteiger partial charge in [0.2, 0.25) is 0 Å². The molecule has 1 aromatic rings. The van der Waals surface area contributed by atoms with E-state index < -0.39 is 15.1 Å². The molecule has 1 heterocycles. The Morgan fingerprint density at radius 3 is 2.23 bits per heavy atom. The van der Waals surface area contributed by atoms with E-state index in [0.717, 1.165) is 5.56 Å². The summed E-state index contributed by atoms with van der Waals surface area (Å²) in [5, 5.41) is -0.403. The molecule has 0 unspecified atom stereocenters. The molecule has 0 aromatic carbocycles. The van der Waals surface area contributed by atoms with Gasteiger partial charge in [-0.15, -0.1) is 0 Å². The third kappa shape index (κ3) is 3.74. The minimum Gasteiger partial charge on any atom is -0.743 e. The Balaban J connectivity index is 0.00000144. The van der Waals surface area contributed by atoms with Crippen LogP contribution in [0.5, 0.6) is 0 Å². The third-order valence-corrected chi connectivity index (χ3v) is 2.05. The first-order chi connectivity index (χ1) is 5.39. The fraction of sp³-hybridized carbons (Fsp3) is 0.286. The maximum atomic E-state index is 10.5. The zero-order valence-corrected chi connectivity index (χ0v) is 10.6. The van der Waals surface area contributed by atoms with Crippen LogP contribution in [0.4, 0.5) is 0 Å². The van der Waals surface area contributed by atoms with Crippen molar-refractivity contribution in [3.05, 3.63) is 23.4 Å². The molecule has 0 radical (unpaired) electrons. The molecule has 1 rings (SSSR count). The van der Waals surface area contributed by atoms with Crippen LogP contribution in [0.3, 0.4) is 0 Å². The van der Waals surface area contributed by atoms with Crippen molar-refractivity contribution in [2.45, 2.75) is 18.9 Å². The van der Waals surface area contributed by atoms with Crippen LogP contribution in [0.15, 0.2) is 17.2 Å². The summed E-state index contributed by atoms with van der Waals surface area (Å²) in [6.45, 7) is 3.35. The molecule has 0 amide bonds. The fourth-order valence-corrected chi connectivity index (χ4v) is 1.52. The molecular formula is C7H8NNaO3S. The Hall–Kier alpha value is 0.0600. The van der Waals surface area contributed by atoms with E-state index in [-0.39, 0.29) is 29.6 Å². The second-order valence-corrected chi connectivity index (χ2v) is 3.90. The number of hydrogen-bond acceptors (Lipinski definition) is 4. The summed E-state index contributed by atoms with van der Waals surface area (Å²) in [5.74, 6) is 0. The average Bonchev–Trinajstić information content (AvgIpc) is 1.82. The predicted molar refractivity (Wildman–Crippen MR) is 41.7 cm³/mol. The molecule has 1 aromatic heterocycles. The quantitative estimate of drug-likeness (QED) is 0.382. The predicted octanol–water partition coefficient (Wildman–Crippen LogP) is -2.39. The van der Waals surface area contributed by atoms with Crippen LogP contribution in [0, 0.1) is 13.8 Å². The van der Waals surface area contributed by atoms with Crippen molar-refractivity contribution >= 4 is 10.1 Å². The molecule has 0 aliphatic rings. The Bertz CT molecular complexity index is 382. The number of pyridine rings is 1. The number of rotatable bonds is 1. The Morgan fingerprint density at radius 1 is 1.31 bits per heavy atom. The minimum atomic E-state index is -4.41. The van der Waals surface area contributed by atoms with Crippen LogP contribution in [-0.2, 0) is 10.1 Å². The van der Waals surface area contributed by atoms with Gasteiger partial charge in [0.05, 0.1) is 0 Å². The van der Waals surface area contributed by atoms with E-state index in [2.05, 4.69) is 4.98 Å². The van der Waals surface area contributed by atoms with E-state index in [4.69, 9.17) is 0 Å². The number of aromatic nitrogens is 1. The van der Waals surface area contributed by atoms with E-state index in [0.29, 0.717) is 5.69 Å². The van der Waals surface area contributed by atoms with Gasteiger partial charge < -0.3 is 4.55 Å². The minimum absolute atomic E-state index is 0. The van der Waals surface area contributed by atoms with Gasteiger partial charge in [0.1, 0.15) is 15.1 Å². The summed E-state index contributed by atoms with van der Waals surface area (Å²) in [6.07, 6.45) is 0. The van der Waals surface area contributed by atoms with Gasteiger partial charge in [-0.3, -0.25) is 0 Å². The Kier molecular flexibility index (Phi) is 4.54. The molecule has 66 valence electrons. The van der Waals surface area contributed by atoms with Crippen molar-refractivity contribution < 1.29 is 42.5 Å². The third-order valence-electron chi connectivity index (χ3n) is 1.33. The maximum Gasteiger partial charge on any atom is 1.00 e. The van der Waals surface area contributed by atoms with Crippen LogP contribution in [0.2, 0.25) is 0 Å². The molecule has 13 heavy (non-hydrogen) atoms. The molecule has 6 heteroatoms. The number of hydrogen-bond donors (Lipinski definition) is 0. The number of nitrogens with zero attached hydrogens (tertiary/aromatic N) is 1. The Morgan fingerprint density at radius 2 is 1.85 bits per heavy atom. The average molecular weight is 209 g/mol. The van der Waals surface area contributed by atoms with E-state index in [1.165, 1.54) is 6.07 Å². The van der Waals surface area contributed by atoms with Gasteiger partial charge in [-0.05, 0) is 31.5 Å². The molecular weight excluding hydrogens is 201 g/mol. The van der Waals surface area contributed by atoms with Crippen molar-refractivity contribution in [3.63, 3.8) is 0 Å². The molecule has 0 saturated carbocycles. The molecule has 0 bridgehead atoms. The first-order valence-corrected chi connectivity index (χ1v) is 4.71. The molecule has 0 saturated heterocycles. The summed E-state index contributed by atoms with van der Waals surface area (Å²) in [6, 6.07) is 2.96. The van der Waals surface area contributed by atoms with Crippen LogP contribution in [0.1, 0.15) is 11.3 Å². The molecule has 0 spiro atoms. The van der Waals surface area contributed by atoms with Gasteiger partial charge in [-0.25, -0.2) is 13.4 Å². The molecule has 0 aliphatic carbocycles. The summed E-state index contributed by atoms with van der Waals surface area (Å²) < 4.78 is 31.6. The van der Waals surface area contributed by atoms with Crippen LogP contribution >= 0.6 is 0 Å². The van der Waals surface area contributed by atoms with Gasteiger partial charge in [-0.1, -0.05) is 0 Å². The summed E-state index contributed by atoms with van der Waals surface area (Å²) in [4.78, 5) is 3.60. The van der Waals surface area contributed by atoms with Gasteiger partial charge in [0.15, 0.2) is 0 Å². The van der Waals surface area contributed by atoms with Crippen LogP contribution < -0.4 is 29.6 Å². The number of aryl methyl sites for hydroxylation is 2. The van der Waals surface area contributed by atoms with Crippen molar-refractivity contribution in [1.29, 1.82) is 0 Å². The van der Waals surface area contributed by atoms with Gasteiger partial charge in [0, 0.05) is 5.69 Å². The summed E-state index contributed by atoms with van der Waals surface area (Å²) in [5.41, 5.74) is 1.25. The van der Waals surface area contributed by atoms with E-state index in [1.54, 1.807) is 19.9 Å². The van der Waals surface area contributed by atoms with Crippen molar-refractivity contribution in [2.24, 2.45) is 0 Å². The fourth-order valence-electron chi connectivity index (χ4n) is 0.932. The summed E-state index contributed by atoms with van der Waals surface area (Å²) in [7, 11) is -4.41. The van der Waals surface area contributed by atoms with E-state index in [9.17, 15) is 13.0 Å². The maximum absolute atomic E-state index is 10.5. The zero-order valence-electron chi connectivity index (χ0n) is 7.73. The first-order valence-electron chi connectivity index (χ1n) is 3.31. The topological polar surface area (TPSA) is 70.1 Å². The van der Waals surface area contributed by atoms with E-state index in [1.807, 2.05) is 0 Å². The SMILES string of the molecule is Cc1cc(C)nc(S(=O)(=O)[O-])c1.[Na+]. The second-order valence-electron chi connectivity index (χ2n) is 2.58. The monoisotopic (exact) mass is 209 g/mol. The first kappa shape index (κ1) is 13.1. The molecule has 0 N–H and O–H groups in total. The van der Waals surface area contributed by atoms with Crippen molar-refractivity contribution in [2.75, 3.05) is 0 Å². The largest absolute Gasteiger partial charge is 1.00 e. The molecule has 0 aliphatic heterocycles. The van der Waals surface area contributed by atoms with Crippen molar-refractivity contribution in [3.8, 4) is 0 Å². The molecule has 0 fully saturated rings. The normalized spacial score (nSPS) is 10.7. The zero-order chi connectivity index (χ0) is 9.35. The summed E-state index contributed by atoms with van der Waals surface area (Å²) >= 11 is 0. The molecule has 4 nitrogen and oxygen atoms in total. The Labute approximate surface area is 99.4 Å². The van der Waals surface area contributed by atoms with E-state index >= 15 is 0 Å². The van der Waals surface area contributed by atoms with Crippen LogP contribution in [-0.4, -0.2) is 18.0 Å². The smallest absolute Gasteiger partial charge is 0.743 e. The van der Waals surface area contributed by atoms with Gasteiger partial charge in [-0.2, -0.15) is 0 Å². The van der Waals surface area contributed by atoms with Gasteiger partial charge in [0.25, 0.3) is 0 Å².